The van der Waals surface area contributed by atoms with E-state index in [-0.39, 0.29) is 11.5 Å². The van der Waals surface area contributed by atoms with Crippen molar-refractivity contribution in [1.29, 1.82) is 0 Å². The summed E-state index contributed by atoms with van der Waals surface area (Å²) in [5, 5.41) is 7.43. The van der Waals surface area contributed by atoms with Crippen LogP contribution in [0.3, 0.4) is 0 Å². The van der Waals surface area contributed by atoms with E-state index in [2.05, 4.69) is 30.2 Å². The summed E-state index contributed by atoms with van der Waals surface area (Å²) < 4.78 is 1.71. The molecule has 1 aliphatic heterocycles. The highest BCUT2D eigenvalue weighted by Gasteiger charge is 2.21. The number of H-pyrrole nitrogens is 1. The van der Waals surface area contributed by atoms with Crippen molar-refractivity contribution in [2.75, 3.05) is 38.1 Å². The number of rotatable bonds is 4. The molecule has 0 aliphatic carbocycles. The van der Waals surface area contributed by atoms with Gasteiger partial charge in [0.2, 0.25) is 0 Å². The number of aromatic nitrogens is 4. The monoisotopic (exact) mass is 415 g/mol. The van der Waals surface area contributed by atoms with E-state index >= 15 is 0 Å². The number of hydrogen-bond acceptors (Lipinski definition) is 6. The minimum atomic E-state index is -0.257. The molecule has 1 amide bonds. The topological polar surface area (TPSA) is 98.6 Å². The Kier molecular flexibility index (Phi) is 5.25. The number of fused-ring (bicyclic) bond motifs is 1. The third kappa shape index (κ3) is 3.96. The maximum atomic E-state index is 11.8. The number of aromatic amines is 1. The van der Waals surface area contributed by atoms with Gasteiger partial charge in [-0.05, 0) is 19.1 Å². The van der Waals surface area contributed by atoms with Crippen LogP contribution in [-0.2, 0) is 6.54 Å². The van der Waals surface area contributed by atoms with E-state index in [1.54, 1.807) is 30.8 Å². The summed E-state index contributed by atoms with van der Waals surface area (Å²) in [6.07, 6.45) is 1.74. The second-order valence-corrected chi connectivity index (χ2v) is 7.44. The van der Waals surface area contributed by atoms with Gasteiger partial charge in [-0.2, -0.15) is 5.10 Å². The smallest absolute Gasteiger partial charge is 0.269 e. The molecule has 0 atom stereocenters. The van der Waals surface area contributed by atoms with Crippen molar-refractivity contribution in [3.05, 3.63) is 56.9 Å². The molecule has 1 fully saturated rings. The summed E-state index contributed by atoms with van der Waals surface area (Å²) in [5.41, 5.74) is 3.29. The van der Waals surface area contributed by atoms with Gasteiger partial charge in [-0.1, -0.05) is 11.6 Å². The predicted octanol–water partition coefficient (Wildman–Crippen LogP) is 1.06. The third-order valence-corrected chi connectivity index (χ3v) is 5.37. The van der Waals surface area contributed by atoms with E-state index in [4.69, 9.17) is 11.6 Å². The molecule has 4 rings (SSSR count). The summed E-state index contributed by atoms with van der Waals surface area (Å²) in [4.78, 5) is 35.0. The van der Waals surface area contributed by atoms with Crippen LogP contribution in [0.5, 0.6) is 0 Å². The van der Waals surface area contributed by atoms with Crippen molar-refractivity contribution in [1.82, 2.24) is 29.8 Å². The Hall–Kier alpha value is -2.91. The van der Waals surface area contributed by atoms with Crippen molar-refractivity contribution < 1.29 is 4.79 Å². The van der Waals surface area contributed by atoms with Crippen molar-refractivity contribution in [2.24, 2.45) is 0 Å². The molecule has 3 aromatic rings. The second-order valence-electron chi connectivity index (χ2n) is 7.08. The Morgan fingerprint density at radius 2 is 2.03 bits per heavy atom. The lowest BCUT2D eigenvalue weighted by atomic mass is 10.2. The molecule has 29 heavy (non-hydrogen) atoms. The van der Waals surface area contributed by atoms with Crippen LogP contribution in [0.1, 0.15) is 21.7 Å². The van der Waals surface area contributed by atoms with Crippen molar-refractivity contribution in [2.45, 2.75) is 13.5 Å². The molecule has 0 aromatic carbocycles. The quantitative estimate of drug-likeness (QED) is 0.618. The van der Waals surface area contributed by atoms with Crippen LogP contribution >= 0.6 is 11.6 Å². The first-order valence-corrected chi connectivity index (χ1v) is 9.76. The summed E-state index contributed by atoms with van der Waals surface area (Å²) in [5.74, 6) is -0.257. The van der Waals surface area contributed by atoms with Gasteiger partial charge in [0.05, 0.1) is 11.4 Å². The Morgan fingerprint density at radius 1 is 1.28 bits per heavy atom. The average molecular weight is 416 g/mol. The summed E-state index contributed by atoms with van der Waals surface area (Å²) in [7, 11) is 1.56. The van der Waals surface area contributed by atoms with E-state index in [1.807, 2.05) is 12.1 Å². The van der Waals surface area contributed by atoms with Crippen LogP contribution in [0, 0.1) is 6.92 Å². The zero-order chi connectivity index (χ0) is 20.5. The molecule has 152 valence electrons. The summed E-state index contributed by atoms with van der Waals surface area (Å²) >= 11 is 6.31. The number of piperazine rings is 1. The summed E-state index contributed by atoms with van der Waals surface area (Å²) in [6, 6.07) is 5.44. The zero-order valence-corrected chi connectivity index (χ0v) is 17.0. The average Bonchev–Trinajstić information content (AvgIpc) is 3.09. The SMILES string of the molecule is CNC(=O)c1ccc(N2CCN(Cc3cc4[nH]c(=O)c(C)cn4n3)CC2)c(Cl)n1. The Labute approximate surface area is 172 Å². The molecule has 1 saturated heterocycles. The molecule has 0 saturated carbocycles. The van der Waals surface area contributed by atoms with Gasteiger partial charge in [-0.25, -0.2) is 9.50 Å². The van der Waals surface area contributed by atoms with Gasteiger partial charge in [0.15, 0.2) is 5.15 Å². The second kappa shape index (κ2) is 7.84. The van der Waals surface area contributed by atoms with Gasteiger partial charge in [0.1, 0.15) is 11.3 Å². The van der Waals surface area contributed by atoms with Crippen molar-refractivity contribution in [3.8, 4) is 0 Å². The molecule has 9 nitrogen and oxygen atoms in total. The number of anilines is 1. The molecule has 3 aromatic heterocycles. The Morgan fingerprint density at radius 3 is 2.72 bits per heavy atom. The van der Waals surface area contributed by atoms with E-state index in [9.17, 15) is 9.59 Å². The maximum Gasteiger partial charge on any atom is 0.269 e. The van der Waals surface area contributed by atoms with Crippen LogP contribution in [0.15, 0.2) is 29.2 Å². The van der Waals surface area contributed by atoms with Crippen LogP contribution in [-0.4, -0.2) is 63.6 Å². The first kappa shape index (κ1) is 19.4. The van der Waals surface area contributed by atoms with E-state index < -0.39 is 0 Å². The fraction of sp³-hybridized carbons (Fsp3) is 0.368. The van der Waals surface area contributed by atoms with Gasteiger partial charge < -0.3 is 15.2 Å². The predicted molar refractivity (Wildman–Crippen MR) is 111 cm³/mol. The fourth-order valence-corrected chi connectivity index (χ4v) is 3.74. The minimum absolute atomic E-state index is 0.0921. The molecule has 0 unspecified atom stereocenters. The zero-order valence-electron chi connectivity index (χ0n) is 16.3. The minimum Gasteiger partial charge on any atom is -0.366 e. The molecule has 0 spiro atoms. The van der Waals surface area contributed by atoms with Crippen molar-refractivity contribution in [3.63, 3.8) is 0 Å². The van der Waals surface area contributed by atoms with E-state index in [0.717, 1.165) is 37.6 Å². The largest absolute Gasteiger partial charge is 0.366 e. The highest BCUT2D eigenvalue weighted by atomic mass is 35.5. The number of carbonyl (C=O) groups excluding carboxylic acids is 1. The van der Waals surface area contributed by atoms with Gasteiger partial charge in [0.25, 0.3) is 11.5 Å². The number of aryl methyl sites for hydroxylation is 1. The molecular formula is C19H22ClN7O2. The number of halogens is 1. The number of amides is 1. The highest BCUT2D eigenvalue weighted by molar-refractivity contribution is 6.32. The van der Waals surface area contributed by atoms with E-state index in [1.165, 1.54) is 0 Å². The lowest BCUT2D eigenvalue weighted by Gasteiger charge is -2.35. The van der Waals surface area contributed by atoms with Crippen LogP contribution in [0.2, 0.25) is 5.15 Å². The normalized spacial score (nSPS) is 15.1. The number of pyridine rings is 1. The molecule has 1 aliphatic rings. The Bertz CT molecular complexity index is 1120. The number of nitrogens with one attached hydrogen (secondary N) is 2. The first-order chi connectivity index (χ1) is 13.9. The Balaban J connectivity index is 1.41. The first-order valence-electron chi connectivity index (χ1n) is 9.38. The van der Waals surface area contributed by atoms with Gasteiger partial charge in [-0.15, -0.1) is 0 Å². The standard InChI is InChI=1S/C19H22ClN7O2/c1-12-10-27-16(23-18(12)28)9-13(24-27)11-25-5-7-26(8-6-25)15-4-3-14(19(29)21-2)22-17(15)20/h3-4,9-10H,5-8,11H2,1-2H3,(H,21,29)(H,23,28). The van der Waals surface area contributed by atoms with Gasteiger partial charge >= 0.3 is 0 Å². The number of nitrogens with zero attached hydrogens (tertiary/aromatic N) is 5. The lowest BCUT2D eigenvalue weighted by molar-refractivity contribution is 0.0958. The molecule has 2 N–H and O–H groups in total. The summed E-state index contributed by atoms with van der Waals surface area (Å²) in [6.45, 7) is 5.75. The van der Waals surface area contributed by atoms with Gasteiger partial charge in [0, 0.05) is 57.6 Å². The third-order valence-electron chi connectivity index (χ3n) is 5.09. The molecule has 10 heteroatoms. The fourth-order valence-electron chi connectivity index (χ4n) is 3.46. The van der Waals surface area contributed by atoms with Crippen molar-refractivity contribution >= 4 is 28.8 Å². The molecular weight excluding hydrogens is 394 g/mol. The highest BCUT2D eigenvalue weighted by Crippen LogP contribution is 2.25. The van der Waals surface area contributed by atoms with Gasteiger partial charge in [-0.3, -0.25) is 14.5 Å². The van der Waals surface area contributed by atoms with Crippen LogP contribution < -0.4 is 15.8 Å². The van der Waals surface area contributed by atoms with E-state index in [0.29, 0.717) is 28.6 Å². The number of hydrogen-bond donors (Lipinski definition) is 2. The molecule has 0 bridgehead atoms. The van der Waals surface area contributed by atoms with Crippen LogP contribution in [0.25, 0.3) is 5.65 Å². The van der Waals surface area contributed by atoms with Crippen LogP contribution in [0.4, 0.5) is 5.69 Å². The maximum absolute atomic E-state index is 11.8. The number of carbonyl (C=O) groups is 1. The lowest BCUT2D eigenvalue weighted by Crippen LogP contribution is -2.46. The molecule has 0 radical (unpaired) electrons. The molecule has 4 heterocycles.